The normalized spacial score (nSPS) is 43.9. The van der Waals surface area contributed by atoms with Gasteiger partial charge in [0.05, 0.1) is 12.7 Å². The monoisotopic (exact) mass is 207 g/mol. The van der Waals surface area contributed by atoms with Crippen LogP contribution in [0.3, 0.4) is 0 Å². The zero-order valence-corrected chi connectivity index (χ0v) is 8.04. The average molecular weight is 207 g/mol. The van der Waals surface area contributed by atoms with E-state index in [0.29, 0.717) is 6.54 Å². The van der Waals surface area contributed by atoms with Crippen LogP contribution in [0.25, 0.3) is 0 Å². The molecule has 5 atom stereocenters. The van der Waals surface area contributed by atoms with E-state index >= 15 is 0 Å². The summed E-state index contributed by atoms with van der Waals surface area (Å²) < 4.78 is 10.2. The van der Waals surface area contributed by atoms with Crippen LogP contribution in [0.5, 0.6) is 0 Å². The molecule has 0 spiro atoms. The van der Waals surface area contributed by atoms with Crippen LogP contribution in [-0.2, 0) is 9.47 Å². The van der Waals surface area contributed by atoms with Crippen molar-refractivity contribution in [2.75, 3.05) is 13.2 Å². The van der Waals surface area contributed by atoms with Crippen molar-refractivity contribution in [2.45, 2.75) is 37.6 Å². The van der Waals surface area contributed by atoms with E-state index in [-0.39, 0.29) is 6.61 Å². The summed E-state index contributed by atoms with van der Waals surface area (Å²) in [6.45, 7) is 2.13. The fourth-order valence-corrected chi connectivity index (χ4v) is 1.34. The molecule has 1 unspecified atom stereocenters. The highest BCUT2D eigenvalue weighted by molar-refractivity contribution is 4.87. The number of nitrogens with two attached hydrogens (primary N) is 1. The topological polar surface area (TPSA) is 105 Å². The van der Waals surface area contributed by atoms with E-state index in [0.717, 1.165) is 0 Å². The summed E-state index contributed by atoms with van der Waals surface area (Å²) in [5, 5.41) is 28.2. The van der Waals surface area contributed by atoms with Crippen molar-refractivity contribution in [3.63, 3.8) is 0 Å². The molecule has 0 aromatic rings. The van der Waals surface area contributed by atoms with Gasteiger partial charge in [-0.1, -0.05) is 0 Å². The number of hydrogen-bond acceptors (Lipinski definition) is 6. The quantitative estimate of drug-likeness (QED) is 0.418. The average Bonchev–Trinajstić information content (AvgIpc) is 2.18. The lowest BCUT2D eigenvalue weighted by Gasteiger charge is -2.38. The molecular weight excluding hydrogens is 190 g/mol. The van der Waals surface area contributed by atoms with Gasteiger partial charge in [-0.25, -0.2) is 0 Å². The minimum absolute atomic E-state index is 0.233. The van der Waals surface area contributed by atoms with Crippen molar-refractivity contribution in [3.8, 4) is 0 Å². The smallest absolute Gasteiger partial charge is 0.186 e. The third-order valence-corrected chi connectivity index (χ3v) is 2.21. The fraction of sp³-hybridized carbons (Fsp3) is 1.00. The van der Waals surface area contributed by atoms with Crippen molar-refractivity contribution in [3.05, 3.63) is 0 Å². The summed E-state index contributed by atoms with van der Waals surface area (Å²) >= 11 is 0. The summed E-state index contributed by atoms with van der Waals surface area (Å²) in [5.41, 5.74) is 5.21. The van der Waals surface area contributed by atoms with Gasteiger partial charge in [-0.2, -0.15) is 0 Å². The minimum Gasteiger partial charge on any atom is -0.388 e. The first-order valence-electron chi connectivity index (χ1n) is 4.59. The van der Waals surface area contributed by atoms with Crippen molar-refractivity contribution in [1.82, 2.24) is 0 Å². The van der Waals surface area contributed by atoms with Crippen LogP contribution in [0.4, 0.5) is 0 Å². The highest BCUT2D eigenvalue weighted by Crippen LogP contribution is 2.21. The second-order valence-corrected chi connectivity index (χ2v) is 3.34. The van der Waals surface area contributed by atoms with Gasteiger partial charge in [0.25, 0.3) is 0 Å². The summed E-state index contributed by atoms with van der Waals surface area (Å²) in [4.78, 5) is 0. The molecule has 1 aliphatic rings. The SMILES string of the molecule is C[C@@H]1O[C@H](OCCN)[C@@H](O)[C@H](O)C1O. The summed E-state index contributed by atoms with van der Waals surface area (Å²) in [6, 6.07) is 0. The second kappa shape index (κ2) is 5.01. The Bertz CT molecular complexity index is 179. The lowest BCUT2D eigenvalue weighted by molar-refractivity contribution is -0.292. The number of ether oxygens (including phenoxy) is 2. The first-order chi connectivity index (χ1) is 6.57. The molecule has 0 saturated carbocycles. The predicted molar refractivity (Wildman–Crippen MR) is 47.4 cm³/mol. The van der Waals surface area contributed by atoms with E-state index in [2.05, 4.69) is 0 Å². The molecule has 5 N–H and O–H groups in total. The highest BCUT2D eigenvalue weighted by atomic mass is 16.7. The maximum Gasteiger partial charge on any atom is 0.186 e. The van der Waals surface area contributed by atoms with Gasteiger partial charge in [-0.05, 0) is 6.92 Å². The molecule has 0 aliphatic carbocycles. The molecule has 0 aromatic carbocycles. The molecule has 6 nitrogen and oxygen atoms in total. The summed E-state index contributed by atoms with van der Waals surface area (Å²) in [7, 11) is 0. The molecule has 0 amide bonds. The molecular formula is C8H17NO5. The maximum atomic E-state index is 9.45. The zero-order chi connectivity index (χ0) is 10.7. The first kappa shape index (κ1) is 11.8. The molecule has 1 rings (SSSR count). The Kier molecular flexibility index (Phi) is 4.24. The molecule has 1 fully saturated rings. The van der Waals surface area contributed by atoms with Crippen molar-refractivity contribution < 1.29 is 24.8 Å². The van der Waals surface area contributed by atoms with Gasteiger partial charge in [-0.3, -0.25) is 0 Å². The molecule has 1 aliphatic heterocycles. The molecule has 1 heterocycles. The number of aliphatic hydroxyl groups excluding tert-OH is 3. The van der Waals surface area contributed by atoms with Gasteiger partial charge in [0.2, 0.25) is 0 Å². The largest absolute Gasteiger partial charge is 0.388 e. The van der Waals surface area contributed by atoms with E-state index in [1.165, 1.54) is 0 Å². The third kappa shape index (κ3) is 2.41. The first-order valence-corrected chi connectivity index (χ1v) is 4.59. The molecule has 6 heteroatoms. The summed E-state index contributed by atoms with van der Waals surface area (Å²) in [5.74, 6) is 0. The van der Waals surface area contributed by atoms with Crippen LogP contribution in [-0.4, -0.2) is 59.2 Å². The van der Waals surface area contributed by atoms with Gasteiger partial charge in [0, 0.05) is 6.54 Å². The summed E-state index contributed by atoms with van der Waals surface area (Å²) in [6.07, 6.45) is -5.08. The van der Waals surface area contributed by atoms with Gasteiger partial charge < -0.3 is 30.5 Å². The lowest BCUT2D eigenvalue weighted by atomic mass is 10.0. The van der Waals surface area contributed by atoms with Gasteiger partial charge >= 0.3 is 0 Å². The molecule has 0 aromatic heterocycles. The van der Waals surface area contributed by atoms with Crippen LogP contribution in [0.15, 0.2) is 0 Å². The van der Waals surface area contributed by atoms with Crippen LogP contribution >= 0.6 is 0 Å². The molecule has 1 saturated heterocycles. The van der Waals surface area contributed by atoms with E-state index < -0.39 is 30.7 Å². The Morgan fingerprint density at radius 1 is 1.21 bits per heavy atom. The van der Waals surface area contributed by atoms with Crippen LogP contribution in [0.1, 0.15) is 6.92 Å². The number of rotatable bonds is 3. The Hall–Kier alpha value is -0.240. The Morgan fingerprint density at radius 3 is 2.43 bits per heavy atom. The van der Waals surface area contributed by atoms with Gasteiger partial charge in [-0.15, -0.1) is 0 Å². The van der Waals surface area contributed by atoms with Crippen LogP contribution in [0.2, 0.25) is 0 Å². The lowest BCUT2D eigenvalue weighted by Crippen LogP contribution is -2.57. The maximum absolute atomic E-state index is 9.45. The van der Waals surface area contributed by atoms with Crippen LogP contribution in [0, 0.1) is 0 Å². The van der Waals surface area contributed by atoms with Crippen molar-refractivity contribution in [2.24, 2.45) is 5.73 Å². The molecule has 84 valence electrons. The highest BCUT2D eigenvalue weighted by Gasteiger charge is 2.42. The third-order valence-electron chi connectivity index (χ3n) is 2.21. The Labute approximate surface area is 82.2 Å². The van der Waals surface area contributed by atoms with Crippen molar-refractivity contribution in [1.29, 1.82) is 0 Å². The predicted octanol–water partition coefficient (Wildman–Crippen LogP) is -2.21. The fourth-order valence-electron chi connectivity index (χ4n) is 1.34. The standard InChI is InChI=1S/C8H17NO5/c1-4-5(10)6(11)7(12)8(14-4)13-3-2-9/h4-8,10-12H,2-3,9H2,1H3/t4-,5?,6+,7-,8-/m0/s1. The Morgan fingerprint density at radius 2 is 1.86 bits per heavy atom. The van der Waals surface area contributed by atoms with E-state index in [1.54, 1.807) is 6.92 Å². The van der Waals surface area contributed by atoms with Crippen LogP contribution < -0.4 is 5.73 Å². The second-order valence-electron chi connectivity index (χ2n) is 3.34. The van der Waals surface area contributed by atoms with Gasteiger partial charge in [0.15, 0.2) is 6.29 Å². The molecule has 0 bridgehead atoms. The Balaban J connectivity index is 2.52. The number of hydrogen-bond donors (Lipinski definition) is 4. The van der Waals surface area contributed by atoms with E-state index in [9.17, 15) is 15.3 Å². The number of aliphatic hydroxyl groups is 3. The van der Waals surface area contributed by atoms with E-state index in [1.807, 2.05) is 0 Å². The molecule has 0 radical (unpaired) electrons. The molecule has 14 heavy (non-hydrogen) atoms. The zero-order valence-electron chi connectivity index (χ0n) is 8.04. The minimum atomic E-state index is -1.25. The van der Waals surface area contributed by atoms with Crippen molar-refractivity contribution >= 4 is 0 Å². The van der Waals surface area contributed by atoms with Gasteiger partial charge in [0.1, 0.15) is 18.3 Å². The van der Waals surface area contributed by atoms with E-state index in [4.69, 9.17) is 15.2 Å².